The van der Waals surface area contributed by atoms with Crippen LogP contribution in [0, 0.1) is 5.82 Å². The van der Waals surface area contributed by atoms with Crippen molar-refractivity contribution in [1.29, 1.82) is 0 Å². The van der Waals surface area contributed by atoms with Gasteiger partial charge in [-0.2, -0.15) is 0 Å². The molecule has 1 aliphatic rings. The number of aromatic amines is 1. The molecule has 7 nitrogen and oxygen atoms in total. The van der Waals surface area contributed by atoms with Crippen LogP contribution in [-0.2, 0) is 4.79 Å². The number of nitrogens with zero attached hydrogens (tertiary/aromatic N) is 2. The third kappa shape index (κ3) is 4.03. The molecule has 138 valence electrons. The molecule has 27 heavy (non-hydrogen) atoms. The van der Waals surface area contributed by atoms with E-state index >= 15 is 0 Å². The molecule has 2 N–H and O–H groups in total. The first-order valence-corrected chi connectivity index (χ1v) is 9.17. The second-order valence-corrected chi connectivity index (χ2v) is 6.58. The monoisotopic (exact) mass is 386 g/mol. The van der Waals surface area contributed by atoms with Crippen LogP contribution in [0.5, 0.6) is 11.5 Å². The van der Waals surface area contributed by atoms with Crippen molar-refractivity contribution in [2.24, 2.45) is 0 Å². The summed E-state index contributed by atoms with van der Waals surface area (Å²) in [6.07, 6.45) is 0. The highest BCUT2D eigenvalue weighted by Crippen LogP contribution is 2.32. The number of carbonyl (C=O) groups excluding carboxylic acids is 1. The highest BCUT2D eigenvalue weighted by molar-refractivity contribution is 7.99. The maximum Gasteiger partial charge on any atom is 0.234 e. The van der Waals surface area contributed by atoms with Crippen molar-refractivity contribution >= 4 is 23.4 Å². The Kier molecular flexibility index (Phi) is 4.93. The first-order chi connectivity index (χ1) is 13.2. The number of carbonyl (C=O) groups is 1. The van der Waals surface area contributed by atoms with Crippen molar-refractivity contribution in [2.75, 3.05) is 24.3 Å². The van der Waals surface area contributed by atoms with E-state index in [1.807, 2.05) is 0 Å². The lowest BCUT2D eigenvalue weighted by molar-refractivity contribution is -0.113. The number of ether oxygens (including phenoxy) is 2. The SMILES string of the molecule is O=C(CSc1n[nH]c(-c2ccccc2F)n1)Nc1ccc2c(c1)OCCO2. The van der Waals surface area contributed by atoms with E-state index in [4.69, 9.17) is 9.47 Å². The summed E-state index contributed by atoms with van der Waals surface area (Å²) in [7, 11) is 0. The quantitative estimate of drug-likeness (QED) is 0.655. The standard InChI is InChI=1S/C18H15FN4O3S/c19-13-4-2-1-3-12(13)17-21-18(23-22-17)27-10-16(24)20-11-5-6-14-15(9-11)26-8-7-25-14/h1-6,9H,7-8,10H2,(H,20,24)(H,21,22,23). The van der Waals surface area contributed by atoms with E-state index in [0.29, 0.717) is 46.9 Å². The van der Waals surface area contributed by atoms with Crippen LogP contribution in [-0.4, -0.2) is 40.1 Å². The summed E-state index contributed by atoms with van der Waals surface area (Å²) < 4.78 is 24.7. The fourth-order valence-corrected chi connectivity index (χ4v) is 3.13. The van der Waals surface area contributed by atoms with E-state index in [2.05, 4.69) is 20.5 Å². The Morgan fingerprint density at radius 2 is 2.00 bits per heavy atom. The molecule has 0 radical (unpaired) electrons. The molecule has 0 unspecified atom stereocenters. The first kappa shape index (κ1) is 17.3. The molecule has 0 spiro atoms. The largest absolute Gasteiger partial charge is 0.486 e. The summed E-state index contributed by atoms with van der Waals surface area (Å²) in [5.74, 6) is 1.10. The van der Waals surface area contributed by atoms with Gasteiger partial charge in [0, 0.05) is 11.8 Å². The Bertz CT molecular complexity index is 979. The summed E-state index contributed by atoms with van der Waals surface area (Å²) in [6.45, 7) is 0.996. The second-order valence-electron chi connectivity index (χ2n) is 5.64. The molecule has 9 heteroatoms. The number of amides is 1. The summed E-state index contributed by atoms with van der Waals surface area (Å²) in [5.41, 5.74) is 0.949. The number of nitrogens with one attached hydrogen (secondary N) is 2. The fraction of sp³-hybridized carbons (Fsp3) is 0.167. The van der Waals surface area contributed by atoms with Gasteiger partial charge in [-0.25, -0.2) is 9.37 Å². The lowest BCUT2D eigenvalue weighted by atomic mass is 10.2. The van der Waals surface area contributed by atoms with Crippen LogP contribution in [0.1, 0.15) is 0 Å². The molecule has 1 aliphatic heterocycles. The summed E-state index contributed by atoms with van der Waals surface area (Å²) in [4.78, 5) is 16.4. The number of benzene rings is 2. The van der Waals surface area contributed by atoms with E-state index in [0.717, 1.165) is 11.8 Å². The molecule has 2 aromatic carbocycles. The maximum atomic E-state index is 13.8. The molecule has 0 saturated heterocycles. The molecule has 2 heterocycles. The zero-order valence-corrected chi connectivity index (χ0v) is 14.9. The number of hydrogen-bond acceptors (Lipinski definition) is 6. The lowest BCUT2D eigenvalue weighted by Crippen LogP contribution is -2.17. The van der Waals surface area contributed by atoms with Crippen LogP contribution in [0.2, 0.25) is 0 Å². The van der Waals surface area contributed by atoms with Gasteiger partial charge in [0.05, 0.1) is 11.3 Å². The highest BCUT2D eigenvalue weighted by atomic mass is 32.2. The van der Waals surface area contributed by atoms with Gasteiger partial charge in [0.2, 0.25) is 11.1 Å². The molecule has 1 aromatic heterocycles. The average molecular weight is 386 g/mol. The smallest absolute Gasteiger partial charge is 0.234 e. The first-order valence-electron chi connectivity index (χ1n) is 8.18. The molecule has 0 bridgehead atoms. The molecule has 1 amide bonds. The molecule has 0 saturated carbocycles. The zero-order chi connectivity index (χ0) is 18.6. The molecule has 3 aromatic rings. The summed E-state index contributed by atoms with van der Waals surface area (Å²) >= 11 is 1.15. The summed E-state index contributed by atoms with van der Waals surface area (Å²) in [5, 5.41) is 9.86. The van der Waals surface area contributed by atoms with E-state index in [9.17, 15) is 9.18 Å². The molecule has 0 atom stereocenters. The number of halogens is 1. The van der Waals surface area contributed by atoms with Crippen molar-refractivity contribution in [1.82, 2.24) is 15.2 Å². The predicted molar refractivity (Wildman–Crippen MR) is 98.6 cm³/mol. The van der Waals surface area contributed by atoms with Gasteiger partial charge in [-0.3, -0.25) is 9.89 Å². The highest BCUT2D eigenvalue weighted by Gasteiger charge is 2.14. The molecule has 0 aliphatic carbocycles. The minimum atomic E-state index is -0.387. The van der Waals surface area contributed by atoms with Gasteiger partial charge in [0.15, 0.2) is 17.3 Å². The Labute approximate surface area is 158 Å². The van der Waals surface area contributed by atoms with Gasteiger partial charge in [-0.1, -0.05) is 23.9 Å². The van der Waals surface area contributed by atoms with E-state index < -0.39 is 0 Å². The van der Waals surface area contributed by atoms with Gasteiger partial charge < -0.3 is 14.8 Å². The molecular weight excluding hydrogens is 371 g/mol. The third-order valence-electron chi connectivity index (χ3n) is 3.75. The number of anilines is 1. The number of rotatable bonds is 5. The molecular formula is C18H15FN4O3S. The number of aromatic nitrogens is 3. The minimum Gasteiger partial charge on any atom is -0.486 e. The van der Waals surface area contributed by atoms with Gasteiger partial charge in [0.1, 0.15) is 19.0 Å². The fourth-order valence-electron chi connectivity index (χ4n) is 2.53. The van der Waals surface area contributed by atoms with E-state index in [1.165, 1.54) is 6.07 Å². The van der Waals surface area contributed by atoms with Crippen molar-refractivity contribution in [3.05, 3.63) is 48.3 Å². The van der Waals surface area contributed by atoms with Crippen LogP contribution < -0.4 is 14.8 Å². The van der Waals surface area contributed by atoms with Crippen LogP contribution in [0.15, 0.2) is 47.6 Å². The van der Waals surface area contributed by atoms with Crippen molar-refractivity contribution in [2.45, 2.75) is 5.16 Å². The van der Waals surface area contributed by atoms with Crippen LogP contribution >= 0.6 is 11.8 Å². The third-order valence-corrected chi connectivity index (χ3v) is 4.60. The van der Waals surface area contributed by atoms with Gasteiger partial charge in [-0.05, 0) is 24.3 Å². The lowest BCUT2D eigenvalue weighted by Gasteiger charge is -2.18. The number of H-pyrrole nitrogens is 1. The zero-order valence-electron chi connectivity index (χ0n) is 14.1. The van der Waals surface area contributed by atoms with Gasteiger partial charge in [0.25, 0.3) is 0 Å². The van der Waals surface area contributed by atoms with Crippen molar-refractivity contribution in [3.63, 3.8) is 0 Å². The maximum absolute atomic E-state index is 13.8. The van der Waals surface area contributed by atoms with Crippen LogP contribution in [0.3, 0.4) is 0 Å². The minimum absolute atomic E-state index is 0.114. The van der Waals surface area contributed by atoms with Gasteiger partial charge in [-0.15, -0.1) is 5.10 Å². The van der Waals surface area contributed by atoms with Crippen molar-refractivity contribution in [3.8, 4) is 22.9 Å². The Morgan fingerprint density at radius 1 is 1.19 bits per heavy atom. The van der Waals surface area contributed by atoms with Crippen LogP contribution in [0.4, 0.5) is 10.1 Å². The van der Waals surface area contributed by atoms with Gasteiger partial charge >= 0.3 is 0 Å². The normalized spacial score (nSPS) is 12.6. The number of hydrogen-bond donors (Lipinski definition) is 2. The van der Waals surface area contributed by atoms with Crippen molar-refractivity contribution < 1.29 is 18.7 Å². The van der Waals surface area contributed by atoms with E-state index in [-0.39, 0.29) is 17.5 Å². The topological polar surface area (TPSA) is 89.1 Å². The number of fused-ring (bicyclic) bond motifs is 1. The second kappa shape index (κ2) is 7.67. The average Bonchev–Trinajstić information content (AvgIpc) is 3.15. The van der Waals surface area contributed by atoms with E-state index in [1.54, 1.807) is 36.4 Å². The van der Waals surface area contributed by atoms with Crippen LogP contribution in [0.25, 0.3) is 11.4 Å². The Morgan fingerprint density at radius 3 is 2.85 bits per heavy atom. The predicted octanol–water partition coefficient (Wildman–Crippen LogP) is 3.11. The Balaban J connectivity index is 1.35. The molecule has 4 rings (SSSR count). The summed E-state index contributed by atoms with van der Waals surface area (Å²) in [6, 6.07) is 11.5. The molecule has 0 fully saturated rings. The Hall–Kier alpha value is -3.07. The number of thioether (sulfide) groups is 1.